The van der Waals surface area contributed by atoms with Gasteiger partial charge in [-0.25, -0.2) is 8.42 Å². The van der Waals surface area contributed by atoms with Gasteiger partial charge in [-0.05, 0) is 42.8 Å². The van der Waals surface area contributed by atoms with Crippen molar-refractivity contribution >= 4 is 39.3 Å². The van der Waals surface area contributed by atoms with Crippen LogP contribution in [0.2, 0.25) is 5.02 Å². The summed E-state index contributed by atoms with van der Waals surface area (Å²) in [5, 5.41) is 6.69. The average Bonchev–Trinajstić information content (AvgIpc) is 3.13. The average molecular weight is 447 g/mol. The van der Waals surface area contributed by atoms with E-state index < -0.39 is 10.0 Å². The Bertz CT molecular complexity index is 1160. The Morgan fingerprint density at radius 3 is 2.57 bits per heavy atom. The number of carbonyl (C=O) groups is 1. The molecule has 0 saturated heterocycles. The molecule has 3 aromatic rings. The van der Waals surface area contributed by atoms with Gasteiger partial charge < -0.3 is 9.84 Å². The fraction of sp³-hybridized carbons (Fsp3) is 0.150. The van der Waals surface area contributed by atoms with E-state index in [2.05, 4.69) is 20.2 Å². The van der Waals surface area contributed by atoms with Gasteiger partial charge in [-0.2, -0.15) is 4.98 Å². The standard InChI is InChI=1S/C20H19ClN4O4S/c1-14-23-20(29-24-14)12-13-22-19(26)11-8-15-6-9-16(10-7-15)30(27,28)25-18-5-3-2-4-17(18)21/h2-11,25H,12-13H2,1H3,(H,22,26)/b11-8+. The minimum Gasteiger partial charge on any atom is -0.352 e. The molecule has 0 radical (unpaired) electrons. The fourth-order valence-corrected chi connectivity index (χ4v) is 3.79. The molecule has 3 rings (SSSR count). The molecule has 2 aromatic carbocycles. The Labute approximate surface area is 179 Å². The highest BCUT2D eigenvalue weighted by Gasteiger charge is 2.15. The molecule has 0 unspecified atom stereocenters. The van der Waals surface area contributed by atoms with E-state index in [4.69, 9.17) is 16.1 Å². The molecule has 1 aromatic heterocycles. The molecule has 0 atom stereocenters. The van der Waals surface area contributed by atoms with Gasteiger partial charge in [0.2, 0.25) is 11.8 Å². The maximum atomic E-state index is 12.5. The number of carbonyl (C=O) groups excluding carboxylic acids is 1. The molecule has 1 heterocycles. The minimum atomic E-state index is -3.78. The highest BCUT2D eigenvalue weighted by Crippen LogP contribution is 2.24. The van der Waals surface area contributed by atoms with Crippen LogP contribution >= 0.6 is 11.6 Å². The number of amides is 1. The zero-order chi connectivity index (χ0) is 21.6. The number of hydrogen-bond acceptors (Lipinski definition) is 6. The molecule has 0 bridgehead atoms. The molecule has 0 aliphatic rings. The van der Waals surface area contributed by atoms with Crippen molar-refractivity contribution in [3.8, 4) is 0 Å². The molecule has 0 aliphatic carbocycles. The molecule has 8 nitrogen and oxygen atoms in total. The van der Waals surface area contributed by atoms with Gasteiger partial charge in [0.15, 0.2) is 5.82 Å². The van der Waals surface area contributed by atoms with Gasteiger partial charge in [0.25, 0.3) is 10.0 Å². The van der Waals surface area contributed by atoms with Crippen LogP contribution in [0.25, 0.3) is 6.08 Å². The van der Waals surface area contributed by atoms with E-state index in [0.29, 0.717) is 41.0 Å². The molecule has 0 saturated carbocycles. The fourth-order valence-electron chi connectivity index (χ4n) is 2.47. The third-order valence-electron chi connectivity index (χ3n) is 3.94. The quantitative estimate of drug-likeness (QED) is 0.513. The molecular formula is C20H19ClN4O4S. The molecule has 156 valence electrons. The predicted molar refractivity (Wildman–Crippen MR) is 113 cm³/mol. The summed E-state index contributed by atoms with van der Waals surface area (Å²) < 4.78 is 32.4. The van der Waals surface area contributed by atoms with Crippen molar-refractivity contribution in [3.05, 3.63) is 76.9 Å². The molecule has 30 heavy (non-hydrogen) atoms. The molecule has 0 aliphatic heterocycles. The smallest absolute Gasteiger partial charge is 0.261 e. The molecular weight excluding hydrogens is 428 g/mol. The number of para-hydroxylation sites is 1. The lowest BCUT2D eigenvalue weighted by Gasteiger charge is -2.09. The van der Waals surface area contributed by atoms with Crippen molar-refractivity contribution < 1.29 is 17.7 Å². The van der Waals surface area contributed by atoms with Crippen LogP contribution in [0.4, 0.5) is 5.69 Å². The Hall–Kier alpha value is -3.17. The third kappa shape index (κ3) is 5.91. The summed E-state index contributed by atoms with van der Waals surface area (Å²) in [4.78, 5) is 16.0. The van der Waals surface area contributed by atoms with E-state index in [-0.39, 0.29) is 10.8 Å². The molecule has 10 heteroatoms. The normalized spacial score (nSPS) is 11.5. The Kier molecular flexibility index (Phi) is 6.86. The van der Waals surface area contributed by atoms with Crippen LogP contribution < -0.4 is 10.0 Å². The van der Waals surface area contributed by atoms with Crippen LogP contribution in [0.15, 0.2) is 64.0 Å². The molecule has 0 fully saturated rings. The van der Waals surface area contributed by atoms with Gasteiger partial charge in [-0.15, -0.1) is 0 Å². The Morgan fingerprint density at radius 1 is 1.17 bits per heavy atom. The van der Waals surface area contributed by atoms with E-state index in [9.17, 15) is 13.2 Å². The predicted octanol–water partition coefficient (Wildman–Crippen LogP) is 3.20. The van der Waals surface area contributed by atoms with Gasteiger partial charge in [0.1, 0.15) is 0 Å². The van der Waals surface area contributed by atoms with Crippen molar-refractivity contribution in [2.24, 2.45) is 0 Å². The van der Waals surface area contributed by atoms with Crippen LogP contribution in [-0.2, 0) is 21.2 Å². The number of nitrogens with zero attached hydrogens (tertiary/aromatic N) is 2. The summed E-state index contributed by atoms with van der Waals surface area (Å²) in [5.74, 6) is 0.714. The number of nitrogens with one attached hydrogen (secondary N) is 2. The molecule has 1 amide bonds. The second-order valence-electron chi connectivity index (χ2n) is 6.26. The summed E-state index contributed by atoms with van der Waals surface area (Å²) in [6.45, 7) is 2.08. The van der Waals surface area contributed by atoms with Crippen molar-refractivity contribution in [3.63, 3.8) is 0 Å². The summed E-state index contributed by atoms with van der Waals surface area (Å²) in [6.07, 6.45) is 3.39. The summed E-state index contributed by atoms with van der Waals surface area (Å²) in [5.41, 5.74) is 0.977. The monoisotopic (exact) mass is 446 g/mol. The van der Waals surface area contributed by atoms with Crippen molar-refractivity contribution in [1.29, 1.82) is 0 Å². The Balaban J connectivity index is 1.55. The number of sulfonamides is 1. The highest BCUT2D eigenvalue weighted by molar-refractivity contribution is 7.92. The van der Waals surface area contributed by atoms with Gasteiger partial charge in [-0.3, -0.25) is 9.52 Å². The van der Waals surface area contributed by atoms with E-state index >= 15 is 0 Å². The van der Waals surface area contributed by atoms with Gasteiger partial charge in [-0.1, -0.05) is 41.0 Å². The maximum absolute atomic E-state index is 12.5. The number of benzene rings is 2. The van der Waals surface area contributed by atoms with Crippen LogP contribution in [0.5, 0.6) is 0 Å². The van der Waals surface area contributed by atoms with Gasteiger partial charge in [0.05, 0.1) is 15.6 Å². The molecule has 0 spiro atoms. The van der Waals surface area contributed by atoms with Crippen molar-refractivity contribution in [1.82, 2.24) is 15.5 Å². The first kappa shape index (κ1) is 21.5. The first-order valence-corrected chi connectivity index (χ1v) is 10.8. The number of aromatic nitrogens is 2. The van der Waals surface area contributed by atoms with Gasteiger partial charge in [0, 0.05) is 19.0 Å². The largest absolute Gasteiger partial charge is 0.352 e. The van der Waals surface area contributed by atoms with E-state index in [1.54, 1.807) is 49.4 Å². The lowest BCUT2D eigenvalue weighted by atomic mass is 10.2. The van der Waals surface area contributed by atoms with Gasteiger partial charge >= 0.3 is 0 Å². The van der Waals surface area contributed by atoms with Crippen LogP contribution in [0, 0.1) is 6.92 Å². The number of rotatable bonds is 8. The first-order chi connectivity index (χ1) is 14.3. The van der Waals surface area contributed by atoms with E-state index in [0.717, 1.165) is 0 Å². The second-order valence-corrected chi connectivity index (χ2v) is 8.35. The second kappa shape index (κ2) is 9.55. The zero-order valence-corrected chi connectivity index (χ0v) is 17.6. The topological polar surface area (TPSA) is 114 Å². The van der Waals surface area contributed by atoms with Crippen molar-refractivity contribution in [2.45, 2.75) is 18.2 Å². The first-order valence-electron chi connectivity index (χ1n) is 8.96. The number of aryl methyl sites for hydroxylation is 1. The minimum absolute atomic E-state index is 0.0823. The highest BCUT2D eigenvalue weighted by atomic mass is 35.5. The number of halogens is 1. The molecule has 2 N–H and O–H groups in total. The lowest BCUT2D eigenvalue weighted by molar-refractivity contribution is -0.116. The Morgan fingerprint density at radius 2 is 1.90 bits per heavy atom. The van der Waals surface area contributed by atoms with Crippen LogP contribution in [0.3, 0.4) is 0 Å². The van der Waals surface area contributed by atoms with Crippen molar-refractivity contribution in [2.75, 3.05) is 11.3 Å². The van der Waals surface area contributed by atoms with E-state index in [1.165, 1.54) is 18.2 Å². The number of anilines is 1. The summed E-state index contributed by atoms with van der Waals surface area (Å²) in [7, 11) is -3.78. The third-order valence-corrected chi connectivity index (χ3v) is 5.65. The summed E-state index contributed by atoms with van der Waals surface area (Å²) >= 11 is 6.00. The maximum Gasteiger partial charge on any atom is 0.261 e. The van der Waals surface area contributed by atoms with Crippen LogP contribution in [-0.4, -0.2) is 31.0 Å². The zero-order valence-electron chi connectivity index (χ0n) is 16.0. The van der Waals surface area contributed by atoms with Crippen LogP contribution in [0.1, 0.15) is 17.3 Å². The lowest BCUT2D eigenvalue weighted by Crippen LogP contribution is -2.23. The number of hydrogen-bond donors (Lipinski definition) is 2. The summed E-state index contributed by atoms with van der Waals surface area (Å²) in [6, 6.07) is 12.7. The van der Waals surface area contributed by atoms with E-state index in [1.807, 2.05) is 0 Å². The SMILES string of the molecule is Cc1noc(CCNC(=O)/C=C/c2ccc(S(=O)(=O)Nc3ccccc3Cl)cc2)n1.